The Balaban J connectivity index is 1.42. The summed E-state index contributed by atoms with van der Waals surface area (Å²) in [5.74, 6) is 0.570. The molecule has 0 aliphatic heterocycles. The summed E-state index contributed by atoms with van der Waals surface area (Å²) in [7, 11) is 0. The summed E-state index contributed by atoms with van der Waals surface area (Å²) >= 11 is 1.54. The highest BCUT2D eigenvalue weighted by molar-refractivity contribution is 7.15. The third-order valence-corrected chi connectivity index (χ3v) is 4.10. The Morgan fingerprint density at radius 3 is 3.00 bits per heavy atom. The van der Waals surface area contributed by atoms with Crippen molar-refractivity contribution >= 4 is 22.2 Å². The molecular formula is C15H16N4O2S. The summed E-state index contributed by atoms with van der Waals surface area (Å²) in [4.78, 5) is 12.6. The van der Waals surface area contributed by atoms with Gasteiger partial charge in [0.15, 0.2) is 6.61 Å². The Bertz CT molecular complexity index is 763. The first kappa shape index (κ1) is 14.5. The fraction of sp³-hybridized carbons (Fsp3) is 0.267. The Labute approximate surface area is 131 Å². The molecule has 0 aliphatic rings. The molecule has 1 N–H and O–H groups in total. The number of aromatic nitrogens is 3. The second-order valence-corrected chi connectivity index (χ2v) is 5.75. The van der Waals surface area contributed by atoms with Gasteiger partial charge in [0, 0.05) is 24.0 Å². The van der Waals surface area contributed by atoms with Crippen LogP contribution in [0.1, 0.15) is 11.3 Å². The van der Waals surface area contributed by atoms with Crippen LogP contribution < -0.4 is 10.1 Å². The molecule has 1 amide bonds. The zero-order valence-electron chi connectivity index (χ0n) is 12.2. The number of amides is 1. The summed E-state index contributed by atoms with van der Waals surface area (Å²) in [6.45, 7) is 2.59. The van der Waals surface area contributed by atoms with Gasteiger partial charge in [0.1, 0.15) is 12.1 Å². The number of carbonyl (C=O) groups is 1. The average molecular weight is 316 g/mol. The lowest BCUT2D eigenvalue weighted by Crippen LogP contribution is -2.30. The van der Waals surface area contributed by atoms with Gasteiger partial charge in [0.2, 0.25) is 4.96 Å². The molecule has 3 aromatic rings. The van der Waals surface area contributed by atoms with E-state index in [1.807, 2.05) is 41.0 Å². The molecule has 2 aromatic heterocycles. The topological polar surface area (TPSA) is 68.5 Å². The third-order valence-electron chi connectivity index (χ3n) is 3.22. The predicted octanol–water partition coefficient (Wildman–Crippen LogP) is 1.84. The largest absolute Gasteiger partial charge is 0.484 e. The van der Waals surface area contributed by atoms with Gasteiger partial charge in [-0.25, -0.2) is 0 Å². The number of fused-ring (bicyclic) bond motifs is 1. The summed E-state index contributed by atoms with van der Waals surface area (Å²) < 4.78 is 7.36. The van der Waals surface area contributed by atoms with Crippen molar-refractivity contribution in [3.63, 3.8) is 0 Å². The molecule has 1 aromatic carbocycles. The number of hydrogen-bond donors (Lipinski definition) is 1. The quantitative estimate of drug-likeness (QED) is 0.753. The Morgan fingerprint density at radius 2 is 2.18 bits per heavy atom. The lowest BCUT2D eigenvalue weighted by atomic mass is 10.2. The maximum atomic E-state index is 11.8. The van der Waals surface area contributed by atoms with Crippen molar-refractivity contribution in [2.24, 2.45) is 0 Å². The molecule has 114 valence electrons. The second kappa shape index (κ2) is 6.57. The van der Waals surface area contributed by atoms with Crippen molar-refractivity contribution in [1.29, 1.82) is 0 Å². The fourth-order valence-electron chi connectivity index (χ4n) is 2.02. The monoisotopic (exact) mass is 316 g/mol. The van der Waals surface area contributed by atoms with E-state index in [2.05, 4.69) is 15.5 Å². The number of ether oxygens (including phenoxy) is 1. The maximum absolute atomic E-state index is 11.8. The maximum Gasteiger partial charge on any atom is 0.257 e. The van der Waals surface area contributed by atoms with Gasteiger partial charge in [-0.3, -0.25) is 9.20 Å². The van der Waals surface area contributed by atoms with E-state index in [-0.39, 0.29) is 12.5 Å². The van der Waals surface area contributed by atoms with Crippen LogP contribution in [-0.2, 0) is 11.2 Å². The van der Waals surface area contributed by atoms with E-state index in [1.54, 1.807) is 17.7 Å². The molecule has 0 atom stereocenters. The van der Waals surface area contributed by atoms with Gasteiger partial charge in [-0.05, 0) is 19.1 Å². The predicted molar refractivity (Wildman–Crippen MR) is 84.3 cm³/mol. The van der Waals surface area contributed by atoms with Crippen molar-refractivity contribution in [3.8, 4) is 5.75 Å². The third kappa shape index (κ3) is 3.43. The second-order valence-electron chi connectivity index (χ2n) is 4.91. The highest BCUT2D eigenvalue weighted by Gasteiger charge is 2.06. The van der Waals surface area contributed by atoms with Crippen LogP contribution in [0.15, 0.2) is 36.0 Å². The standard InChI is InChI=1S/C15H16N4O2S/c1-11-2-4-13(5-3-11)21-8-14(20)16-7-6-12-9-22-15-18-17-10-19(12)15/h2-5,9-10H,6-8H2,1H3,(H,16,20). The number of nitrogens with zero attached hydrogens (tertiary/aromatic N) is 3. The van der Waals surface area contributed by atoms with Gasteiger partial charge in [-0.15, -0.1) is 21.5 Å². The van der Waals surface area contributed by atoms with Crippen LogP contribution in [0, 0.1) is 6.92 Å². The minimum atomic E-state index is -0.129. The molecule has 6 nitrogen and oxygen atoms in total. The van der Waals surface area contributed by atoms with Crippen LogP contribution in [0.2, 0.25) is 0 Å². The lowest BCUT2D eigenvalue weighted by Gasteiger charge is -2.07. The summed E-state index contributed by atoms with van der Waals surface area (Å²) in [6, 6.07) is 7.62. The Kier molecular flexibility index (Phi) is 4.34. The molecule has 22 heavy (non-hydrogen) atoms. The zero-order valence-corrected chi connectivity index (χ0v) is 13.0. The lowest BCUT2D eigenvalue weighted by molar-refractivity contribution is -0.123. The first-order chi connectivity index (χ1) is 10.7. The number of rotatable bonds is 6. The summed E-state index contributed by atoms with van der Waals surface area (Å²) in [5, 5.41) is 12.7. The van der Waals surface area contributed by atoms with Crippen molar-refractivity contribution in [3.05, 3.63) is 47.2 Å². The van der Waals surface area contributed by atoms with Crippen LogP contribution in [0.5, 0.6) is 5.75 Å². The van der Waals surface area contributed by atoms with Crippen molar-refractivity contribution in [2.75, 3.05) is 13.2 Å². The van der Waals surface area contributed by atoms with E-state index in [1.165, 1.54) is 0 Å². The minimum Gasteiger partial charge on any atom is -0.484 e. The van der Waals surface area contributed by atoms with Crippen LogP contribution in [0.3, 0.4) is 0 Å². The van der Waals surface area contributed by atoms with Gasteiger partial charge >= 0.3 is 0 Å². The van der Waals surface area contributed by atoms with Gasteiger partial charge in [0.25, 0.3) is 5.91 Å². The fourth-order valence-corrected chi connectivity index (χ4v) is 2.87. The molecule has 3 rings (SSSR count). The van der Waals surface area contributed by atoms with Gasteiger partial charge < -0.3 is 10.1 Å². The van der Waals surface area contributed by atoms with Gasteiger partial charge in [-0.1, -0.05) is 17.7 Å². The minimum absolute atomic E-state index is 0.0226. The van der Waals surface area contributed by atoms with E-state index < -0.39 is 0 Å². The summed E-state index contributed by atoms with van der Waals surface area (Å²) in [5.41, 5.74) is 2.25. The number of aryl methyl sites for hydroxylation is 1. The highest BCUT2D eigenvalue weighted by atomic mass is 32.1. The molecule has 7 heteroatoms. The molecule has 2 heterocycles. The number of benzene rings is 1. The van der Waals surface area contributed by atoms with E-state index in [0.717, 1.165) is 22.6 Å². The molecule has 0 bridgehead atoms. The van der Waals surface area contributed by atoms with Crippen LogP contribution >= 0.6 is 11.3 Å². The molecule has 0 fully saturated rings. The highest BCUT2D eigenvalue weighted by Crippen LogP contribution is 2.13. The van der Waals surface area contributed by atoms with Crippen molar-refractivity contribution in [2.45, 2.75) is 13.3 Å². The molecule has 0 unspecified atom stereocenters. The molecule has 0 saturated heterocycles. The van der Waals surface area contributed by atoms with Crippen molar-refractivity contribution < 1.29 is 9.53 Å². The Hall–Kier alpha value is -2.41. The number of nitrogens with one attached hydrogen (secondary N) is 1. The average Bonchev–Trinajstić information content (AvgIpc) is 3.11. The summed E-state index contributed by atoms with van der Waals surface area (Å²) in [6.07, 6.45) is 2.41. The first-order valence-electron chi connectivity index (χ1n) is 6.94. The van der Waals surface area contributed by atoms with E-state index in [4.69, 9.17) is 4.74 Å². The smallest absolute Gasteiger partial charge is 0.257 e. The van der Waals surface area contributed by atoms with Crippen molar-refractivity contribution in [1.82, 2.24) is 19.9 Å². The van der Waals surface area contributed by atoms with Crippen LogP contribution in [0.25, 0.3) is 4.96 Å². The molecule has 0 saturated carbocycles. The van der Waals surface area contributed by atoms with Gasteiger partial charge in [0.05, 0.1) is 0 Å². The van der Waals surface area contributed by atoms with E-state index in [0.29, 0.717) is 12.3 Å². The van der Waals surface area contributed by atoms with Crippen LogP contribution in [0.4, 0.5) is 0 Å². The SMILES string of the molecule is Cc1ccc(OCC(=O)NCCc2csc3nncn23)cc1. The molecule has 0 radical (unpaired) electrons. The molecule has 0 spiro atoms. The zero-order chi connectivity index (χ0) is 15.4. The molecular weight excluding hydrogens is 300 g/mol. The number of hydrogen-bond acceptors (Lipinski definition) is 5. The van der Waals surface area contributed by atoms with Gasteiger partial charge in [-0.2, -0.15) is 0 Å². The normalized spacial score (nSPS) is 10.8. The van der Waals surface area contributed by atoms with E-state index >= 15 is 0 Å². The molecule has 0 aliphatic carbocycles. The Morgan fingerprint density at radius 1 is 1.36 bits per heavy atom. The number of carbonyl (C=O) groups excluding carboxylic acids is 1. The van der Waals surface area contributed by atoms with E-state index in [9.17, 15) is 4.79 Å². The van der Waals surface area contributed by atoms with Crippen LogP contribution in [-0.4, -0.2) is 33.7 Å². The number of thiazole rings is 1. The first-order valence-corrected chi connectivity index (χ1v) is 7.82.